The fourth-order valence-corrected chi connectivity index (χ4v) is 5.33. The van der Waals surface area contributed by atoms with Gasteiger partial charge in [-0.2, -0.15) is 4.31 Å². The molecule has 1 fully saturated rings. The predicted molar refractivity (Wildman–Crippen MR) is 114 cm³/mol. The Morgan fingerprint density at radius 1 is 1.10 bits per heavy atom. The Kier molecular flexibility index (Phi) is 5.90. The number of nitrogens with zero attached hydrogens (tertiary/aromatic N) is 1. The lowest BCUT2D eigenvalue weighted by atomic mass is 9.97. The van der Waals surface area contributed by atoms with E-state index in [-0.39, 0.29) is 29.8 Å². The van der Waals surface area contributed by atoms with E-state index >= 15 is 0 Å². The molecule has 0 saturated carbocycles. The van der Waals surface area contributed by atoms with Crippen LogP contribution in [0.5, 0.6) is 11.5 Å². The number of carbonyl (C=O) groups excluding carboxylic acids is 1. The van der Waals surface area contributed by atoms with Gasteiger partial charge < -0.3 is 14.8 Å². The second-order valence-electron chi connectivity index (χ2n) is 7.39. The summed E-state index contributed by atoms with van der Waals surface area (Å²) in [4.78, 5) is 12.8. The van der Waals surface area contributed by atoms with Crippen molar-refractivity contribution in [1.82, 2.24) is 4.31 Å². The monoisotopic (exact) mass is 450 g/mol. The fourth-order valence-electron chi connectivity index (χ4n) is 3.67. The van der Waals surface area contributed by atoms with Crippen LogP contribution in [0.4, 0.5) is 5.69 Å². The second kappa shape index (κ2) is 8.45. The summed E-state index contributed by atoms with van der Waals surface area (Å²) in [6.45, 7) is 3.25. The largest absolute Gasteiger partial charge is 0.486 e. The summed E-state index contributed by atoms with van der Waals surface area (Å²) in [6.07, 6.45) is 0.907. The Morgan fingerprint density at radius 3 is 2.53 bits per heavy atom. The van der Waals surface area contributed by atoms with Gasteiger partial charge in [0.2, 0.25) is 15.9 Å². The molecule has 0 unspecified atom stereocenters. The number of rotatable bonds is 4. The van der Waals surface area contributed by atoms with Gasteiger partial charge in [-0.1, -0.05) is 17.7 Å². The lowest BCUT2D eigenvalue weighted by Gasteiger charge is -2.31. The number of sulfonamides is 1. The molecule has 1 N–H and O–H groups in total. The Balaban J connectivity index is 1.41. The lowest BCUT2D eigenvalue weighted by Crippen LogP contribution is -2.41. The molecule has 2 heterocycles. The van der Waals surface area contributed by atoms with Gasteiger partial charge in [0.15, 0.2) is 11.5 Å². The van der Waals surface area contributed by atoms with Crippen molar-refractivity contribution in [2.24, 2.45) is 5.92 Å². The number of hydrogen-bond acceptors (Lipinski definition) is 5. The summed E-state index contributed by atoms with van der Waals surface area (Å²) in [5.74, 6) is 0.618. The quantitative estimate of drug-likeness (QED) is 0.771. The lowest BCUT2D eigenvalue weighted by molar-refractivity contribution is -0.120. The van der Waals surface area contributed by atoms with Gasteiger partial charge in [-0.15, -0.1) is 0 Å². The maximum atomic E-state index is 13.0. The van der Waals surface area contributed by atoms with Crippen LogP contribution in [-0.2, 0) is 14.8 Å². The summed E-state index contributed by atoms with van der Waals surface area (Å²) >= 11 is 6.11. The smallest absolute Gasteiger partial charge is 0.243 e. The summed E-state index contributed by atoms with van der Waals surface area (Å²) in [6, 6.07) is 10.0. The molecule has 160 valence electrons. The number of hydrogen-bond donors (Lipinski definition) is 1. The summed E-state index contributed by atoms with van der Waals surface area (Å²) in [5.41, 5.74) is 1.49. The maximum Gasteiger partial charge on any atom is 0.243 e. The van der Waals surface area contributed by atoms with Crippen molar-refractivity contribution in [2.75, 3.05) is 31.6 Å². The first-order valence-corrected chi connectivity index (χ1v) is 11.6. The third-order valence-corrected chi connectivity index (χ3v) is 7.81. The number of nitrogens with one attached hydrogen (secondary N) is 1. The van der Waals surface area contributed by atoms with Crippen molar-refractivity contribution in [1.29, 1.82) is 0 Å². The number of amides is 1. The Morgan fingerprint density at radius 2 is 1.80 bits per heavy atom. The predicted octanol–water partition coefficient (Wildman–Crippen LogP) is 3.46. The van der Waals surface area contributed by atoms with E-state index in [9.17, 15) is 13.2 Å². The molecule has 0 spiro atoms. The van der Waals surface area contributed by atoms with Crippen LogP contribution in [-0.4, -0.2) is 44.9 Å². The van der Waals surface area contributed by atoms with Gasteiger partial charge in [-0.3, -0.25) is 4.79 Å². The van der Waals surface area contributed by atoms with E-state index in [1.54, 1.807) is 24.3 Å². The summed E-state index contributed by atoms with van der Waals surface area (Å²) in [5, 5.41) is 3.51. The van der Waals surface area contributed by atoms with Crippen LogP contribution in [0.2, 0.25) is 5.02 Å². The molecule has 2 aromatic rings. The van der Waals surface area contributed by atoms with Crippen LogP contribution in [0.1, 0.15) is 18.4 Å². The molecule has 1 amide bonds. The maximum absolute atomic E-state index is 13.0. The Labute approximate surface area is 181 Å². The molecule has 30 heavy (non-hydrogen) atoms. The molecule has 2 aromatic carbocycles. The molecule has 2 aliphatic rings. The highest BCUT2D eigenvalue weighted by Crippen LogP contribution is 2.34. The van der Waals surface area contributed by atoms with Crippen LogP contribution in [0.15, 0.2) is 41.3 Å². The molecule has 4 rings (SSSR count). The minimum absolute atomic E-state index is 0.114. The molecule has 9 heteroatoms. The SMILES string of the molecule is Cc1c(Cl)cccc1NC(=O)C1CCN(S(=O)(=O)c2ccc3c(c2)OCCO3)CC1. The first-order valence-electron chi connectivity index (χ1n) is 9.82. The van der Waals surface area contributed by atoms with Crippen molar-refractivity contribution in [2.45, 2.75) is 24.7 Å². The van der Waals surface area contributed by atoms with Gasteiger partial charge in [-0.05, 0) is 49.6 Å². The van der Waals surface area contributed by atoms with E-state index in [0.29, 0.717) is 48.3 Å². The number of fused-ring (bicyclic) bond motifs is 1. The number of anilines is 1. The molecular weight excluding hydrogens is 428 g/mol. The number of benzene rings is 2. The average Bonchev–Trinajstić information content (AvgIpc) is 2.76. The first kappa shape index (κ1) is 21.0. The Bertz CT molecular complexity index is 1070. The van der Waals surface area contributed by atoms with Gasteiger partial charge in [0, 0.05) is 35.8 Å². The van der Waals surface area contributed by atoms with Gasteiger partial charge in [0.05, 0.1) is 4.90 Å². The van der Waals surface area contributed by atoms with E-state index in [1.807, 2.05) is 6.92 Å². The molecule has 7 nitrogen and oxygen atoms in total. The molecule has 0 radical (unpaired) electrons. The molecule has 0 aromatic heterocycles. The standard InChI is InChI=1S/C21H23ClN2O5S/c1-14-17(22)3-2-4-18(14)23-21(25)15-7-9-24(10-8-15)30(26,27)16-5-6-19-20(13-16)29-12-11-28-19/h2-6,13,15H,7-12H2,1H3,(H,23,25). The van der Waals surface area contributed by atoms with E-state index < -0.39 is 10.0 Å². The highest BCUT2D eigenvalue weighted by molar-refractivity contribution is 7.89. The van der Waals surface area contributed by atoms with Gasteiger partial charge >= 0.3 is 0 Å². The van der Waals surface area contributed by atoms with E-state index in [4.69, 9.17) is 21.1 Å². The fraction of sp³-hybridized carbons (Fsp3) is 0.381. The van der Waals surface area contributed by atoms with Crippen LogP contribution >= 0.6 is 11.6 Å². The van der Waals surface area contributed by atoms with Crippen LogP contribution in [0, 0.1) is 12.8 Å². The topological polar surface area (TPSA) is 84.9 Å². The van der Waals surface area contributed by atoms with E-state index in [1.165, 1.54) is 16.4 Å². The molecule has 1 saturated heterocycles. The second-order valence-corrected chi connectivity index (χ2v) is 9.73. The van der Waals surface area contributed by atoms with Crippen molar-refractivity contribution in [3.05, 3.63) is 47.0 Å². The highest BCUT2D eigenvalue weighted by Gasteiger charge is 2.33. The van der Waals surface area contributed by atoms with E-state index in [2.05, 4.69) is 5.32 Å². The number of ether oxygens (including phenoxy) is 2. The average molecular weight is 451 g/mol. The molecule has 0 bridgehead atoms. The Hall–Kier alpha value is -2.29. The summed E-state index contributed by atoms with van der Waals surface area (Å²) < 4.78 is 38.5. The van der Waals surface area contributed by atoms with Gasteiger partial charge in [0.25, 0.3) is 0 Å². The minimum atomic E-state index is -3.67. The third kappa shape index (κ3) is 4.12. The number of halogens is 1. The van der Waals surface area contributed by atoms with Crippen LogP contribution < -0.4 is 14.8 Å². The third-order valence-electron chi connectivity index (χ3n) is 5.50. The van der Waals surface area contributed by atoms with Crippen LogP contribution in [0.3, 0.4) is 0 Å². The van der Waals surface area contributed by atoms with Gasteiger partial charge in [0.1, 0.15) is 13.2 Å². The van der Waals surface area contributed by atoms with Crippen molar-refractivity contribution >= 4 is 33.2 Å². The normalized spacial score (nSPS) is 17.5. The number of piperidine rings is 1. The number of carbonyl (C=O) groups is 1. The van der Waals surface area contributed by atoms with Gasteiger partial charge in [-0.25, -0.2) is 8.42 Å². The van der Waals surface area contributed by atoms with E-state index in [0.717, 1.165) is 5.56 Å². The van der Waals surface area contributed by atoms with Crippen molar-refractivity contribution in [3.63, 3.8) is 0 Å². The zero-order valence-electron chi connectivity index (χ0n) is 16.6. The summed E-state index contributed by atoms with van der Waals surface area (Å²) in [7, 11) is -3.67. The highest BCUT2D eigenvalue weighted by atomic mass is 35.5. The minimum Gasteiger partial charge on any atom is -0.486 e. The van der Waals surface area contributed by atoms with Crippen LogP contribution in [0.25, 0.3) is 0 Å². The zero-order chi connectivity index (χ0) is 21.3. The molecule has 2 aliphatic heterocycles. The zero-order valence-corrected chi connectivity index (χ0v) is 18.1. The van der Waals surface area contributed by atoms with Crippen molar-refractivity contribution < 1.29 is 22.7 Å². The first-order chi connectivity index (χ1) is 14.4. The molecule has 0 aliphatic carbocycles. The van der Waals surface area contributed by atoms with Crippen molar-refractivity contribution in [3.8, 4) is 11.5 Å². The molecule has 0 atom stereocenters. The molecular formula is C21H23ClN2O5S.